The number of methoxy groups -OCH3 is 1. The lowest BCUT2D eigenvalue weighted by atomic mass is 9.82. The van der Waals surface area contributed by atoms with Gasteiger partial charge in [-0.3, -0.25) is 4.79 Å². The monoisotopic (exact) mass is 291 g/mol. The van der Waals surface area contributed by atoms with Gasteiger partial charge in [-0.1, -0.05) is 31.9 Å². The fraction of sp³-hybridized carbons (Fsp3) is 0.588. The van der Waals surface area contributed by atoms with E-state index in [2.05, 4.69) is 12.2 Å². The fourth-order valence-corrected chi connectivity index (χ4v) is 2.98. The van der Waals surface area contributed by atoms with Crippen molar-refractivity contribution in [3.63, 3.8) is 0 Å². The van der Waals surface area contributed by atoms with Gasteiger partial charge >= 0.3 is 0 Å². The minimum absolute atomic E-state index is 0.0727. The van der Waals surface area contributed by atoms with Crippen molar-refractivity contribution >= 4 is 5.91 Å². The Bertz CT molecular complexity index is 475. The van der Waals surface area contributed by atoms with Crippen molar-refractivity contribution in [2.24, 2.45) is 11.8 Å². The molecule has 0 radical (unpaired) electrons. The maximum absolute atomic E-state index is 12.2. The Morgan fingerprint density at radius 1 is 1.48 bits per heavy atom. The van der Waals surface area contributed by atoms with Crippen molar-refractivity contribution in [2.45, 2.75) is 38.7 Å². The van der Waals surface area contributed by atoms with Gasteiger partial charge in [-0.15, -0.1) is 0 Å². The topological polar surface area (TPSA) is 58.6 Å². The molecule has 2 N–H and O–H groups in total. The number of carbonyl (C=O) groups is 1. The van der Waals surface area contributed by atoms with Crippen molar-refractivity contribution in [1.82, 2.24) is 5.32 Å². The number of hydrogen-bond acceptors (Lipinski definition) is 3. The minimum Gasteiger partial charge on any atom is -0.497 e. The summed E-state index contributed by atoms with van der Waals surface area (Å²) >= 11 is 0. The number of amides is 1. The van der Waals surface area contributed by atoms with Crippen LogP contribution in [-0.4, -0.2) is 24.7 Å². The van der Waals surface area contributed by atoms with E-state index in [4.69, 9.17) is 4.74 Å². The molecule has 1 amide bonds. The number of benzene rings is 1. The number of aliphatic hydroxyl groups excluding tert-OH is 1. The first kappa shape index (κ1) is 15.8. The first-order chi connectivity index (χ1) is 10.1. The molecule has 0 bridgehead atoms. The summed E-state index contributed by atoms with van der Waals surface area (Å²) < 4.78 is 5.14. The molecule has 1 fully saturated rings. The van der Waals surface area contributed by atoms with Crippen LogP contribution in [-0.2, 0) is 4.79 Å². The van der Waals surface area contributed by atoms with Crippen LogP contribution < -0.4 is 10.1 Å². The molecule has 1 aromatic carbocycles. The zero-order valence-electron chi connectivity index (χ0n) is 12.8. The second kappa shape index (κ2) is 7.46. The van der Waals surface area contributed by atoms with Gasteiger partial charge in [-0.25, -0.2) is 0 Å². The van der Waals surface area contributed by atoms with Crippen LogP contribution in [0.2, 0.25) is 0 Å². The lowest BCUT2D eigenvalue weighted by Gasteiger charge is -2.26. The Labute approximate surface area is 126 Å². The Hall–Kier alpha value is -1.55. The van der Waals surface area contributed by atoms with Gasteiger partial charge in [0.25, 0.3) is 0 Å². The van der Waals surface area contributed by atoms with Crippen molar-refractivity contribution in [2.75, 3.05) is 13.7 Å². The van der Waals surface area contributed by atoms with Crippen molar-refractivity contribution in [3.8, 4) is 5.75 Å². The van der Waals surface area contributed by atoms with Crippen LogP contribution in [0.1, 0.15) is 44.3 Å². The first-order valence-corrected chi connectivity index (χ1v) is 7.70. The largest absolute Gasteiger partial charge is 0.497 e. The molecule has 0 heterocycles. The molecule has 0 aliphatic heterocycles. The summed E-state index contributed by atoms with van der Waals surface area (Å²) in [6.45, 7) is 2.45. The number of nitrogens with one attached hydrogen (secondary N) is 1. The third-order valence-corrected chi connectivity index (χ3v) is 4.26. The van der Waals surface area contributed by atoms with Gasteiger partial charge in [0, 0.05) is 12.5 Å². The Morgan fingerprint density at radius 2 is 2.29 bits per heavy atom. The predicted molar refractivity (Wildman–Crippen MR) is 82.1 cm³/mol. The highest BCUT2D eigenvalue weighted by Crippen LogP contribution is 2.28. The van der Waals surface area contributed by atoms with E-state index >= 15 is 0 Å². The van der Waals surface area contributed by atoms with Crippen LogP contribution >= 0.6 is 0 Å². The van der Waals surface area contributed by atoms with Gasteiger partial charge in [0.2, 0.25) is 5.91 Å². The smallest absolute Gasteiger partial charge is 0.223 e. The molecular formula is C17H25NO3. The summed E-state index contributed by atoms with van der Waals surface area (Å²) in [6.07, 6.45) is 3.56. The zero-order chi connectivity index (χ0) is 15.2. The molecular weight excluding hydrogens is 266 g/mol. The summed E-state index contributed by atoms with van der Waals surface area (Å²) in [7, 11) is 1.59. The van der Waals surface area contributed by atoms with E-state index in [-0.39, 0.29) is 18.4 Å². The number of aliphatic hydroxyl groups is 1. The van der Waals surface area contributed by atoms with Gasteiger partial charge in [0.15, 0.2) is 0 Å². The molecule has 0 saturated heterocycles. The highest BCUT2D eigenvalue weighted by Gasteiger charge is 2.25. The number of ether oxygens (including phenoxy) is 1. The summed E-state index contributed by atoms with van der Waals surface area (Å²) in [5.41, 5.74) is 0.756. The lowest BCUT2D eigenvalue weighted by Crippen LogP contribution is -2.35. The number of carbonyl (C=O) groups excluding carboxylic acids is 1. The highest BCUT2D eigenvalue weighted by molar-refractivity contribution is 5.78. The second-order valence-corrected chi connectivity index (χ2v) is 6.01. The fourth-order valence-electron chi connectivity index (χ4n) is 2.98. The van der Waals surface area contributed by atoms with E-state index in [0.717, 1.165) is 24.8 Å². The molecule has 3 atom stereocenters. The second-order valence-electron chi connectivity index (χ2n) is 6.01. The third-order valence-electron chi connectivity index (χ3n) is 4.26. The van der Waals surface area contributed by atoms with Gasteiger partial charge in [0.05, 0.1) is 13.2 Å². The van der Waals surface area contributed by atoms with E-state index in [1.807, 2.05) is 18.2 Å². The maximum Gasteiger partial charge on any atom is 0.223 e. The molecule has 21 heavy (non-hydrogen) atoms. The molecule has 116 valence electrons. The van der Waals surface area contributed by atoms with Crippen LogP contribution in [0.15, 0.2) is 24.3 Å². The van der Waals surface area contributed by atoms with Crippen LogP contribution in [0.3, 0.4) is 0 Å². The number of rotatable bonds is 5. The van der Waals surface area contributed by atoms with Crippen molar-refractivity contribution in [3.05, 3.63) is 29.8 Å². The van der Waals surface area contributed by atoms with Crippen LogP contribution in [0, 0.1) is 11.8 Å². The molecule has 0 aromatic heterocycles. The molecule has 4 nitrogen and oxygen atoms in total. The van der Waals surface area contributed by atoms with E-state index < -0.39 is 6.10 Å². The normalized spacial score (nSPS) is 23.4. The lowest BCUT2D eigenvalue weighted by molar-refractivity contribution is -0.126. The van der Waals surface area contributed by atoms with Crippen molar-refractivity contribution < 1.29 is 14.6 Å². The molecule has 1 saturated carbocycles. The zero-order valence-corrected chi connectivity index (χ0v) is 12.8. The van der Waals surface area contributed by atoms with Gasteiger partial charge in [-0.2, -0.15) is 0 Å². The van der Waals surface area contributed by atoms with Gasteiger partial charge in [-0.05, 0) is 36.5 Å². The van der Waals surface area contributed by atoms with E-state index in [9.17, 15) is 9.90 Å². The first-order valence-electron chi connectivity index (χ1n) is 7.70. The summed E-state index contributed by atoms with van der Waals surface area (Å²) in [5.74, 6) is 1.51. The summed E-state index contributed by atoms with van der Waals surface area (Å²) in [4.78, 5) is 12.2. The van der Waals surface area contributed by atoms with E-state index in [1.54, 1.807) is 13.2 Å². The number of hydrogen-bond donors (Lipinski definition) is 2. The quantitative estimate of drug-likeness (QED) is 0.877. The molecule has 4 heteroatoms. The Balaban J connectivity index is 1.85. The molecule has 2 rings (SSSR count). The Kier molecular flexibility index (Phi) is 5.62. The molecule has 1 aliphatic rings. The van der Waals surface area contributed by atoms with Crippen LogP contribution in [0.25, 0.3) is 0 Å². The predicted octanol–water partition coefficient (Wildman–Crippen LogP) is 2.67. The summed E-state index contributed by atoms with van der Waals surface area (Å²) in [5, 5.41) is 13.0. The molecule has 1 aliphatic carbocycles. The standard InChI is InChI=1S/C17H25NO3/c1-12-5-3-7-14(9-12)17(20)18-11-16(19)13-6-4-8-15(10-13)21-2/h4,6,8,10,12,14,16,19H,3,5,7,9,11H2,1-2H3,(H,18,20)/t12-,14+,16+/m0/s1. The molecule has 1 aromatic rings. The SMILES string of the molecule is COc1cccc([C@H](O)CNC(=O)[C@@H]2CCC[C@H](C)C2)c1. The molecule has 0 unspecified atom stereocenters. The summed E-state index contributed by atoms with van der Waals surface area (Å²) in [6, 6.07) is 7.29. The van der Waals surface area contributed by atoms with E-state index in [1.165, 1.54) is 6.42 Å². The average Bonchev–Trinajstić information content (AvgIpc) is 2.52. The van der Waals surface area contributed by atoms with E-state index in [0.29, 0.717) is 11.7 Å². The van der Waals surface area contributed by atoms with Gasteiger partial charge < -0.3 is 15.2 Å². The Morgan fingerprint density at radius 3 is 3.00 bits per heavy atom. The maximum atomic E-state index is 12.2. The minimum atomic E-state index is -0.704. The molecule has 0 spiro atoms. The third kappa shape index (κ3) is 4.46. The van der Waals surface area contributed by atoms with Crippen LogP contribution in [0.4, 0.5) is 0 Å². The average molecular weight is 291 g/mol. The van der Waals surface area contributed by atoms with Gasteiger partial charge in [0.1, 0.15) is 5.75 Å². The van der Waals surface area contributed by atoms with Crippen molar-refractivity contribution in [1.29, 1.82) is 0 Å². The van der Waals surface area contributed by atoms with Crippen LogP contribution in [0.5, 0.6) is 5.75 Å². The highest BCUT2D eigenvalue weighted by atomic mass is 16.5.